The minimum absolute atomic E-state index is 0.246. The molecule has 3 fully saturated rings. The number of nitrogens with one attached hydrogen (secondary N) is 2. The van der Waals surface area contributed by atoms with Crippen LogP contribution in [0.4, 0.5) is 0 Å². The van der Waals surface area contributed by atoms with E-state index in [0.29, 0.717) is 40.2 Å². The van der Waals surface area contributed by atoms with Crippen LogP contribution < -0.4 is 10.6 Å². The molecule has 3 nitrogen and oxygen atoms in total. The second-order valence-electron chi connectivity index (χ2n) is 17.4. The Hall–Kier alpha value is -1.66. The van der Waals surface area contributed by atoms with Crippen LogP contribution >= 0.6 is 21.6 Å². The average molecular weight is 683 g/mol. The van der Waals surface area contributed by atoms with Crippen molar-refractivity contribution in [1.29, 1.82) is 0 Å². The Morgan fingerprint density at radius 1 is 0.979 bits per heavy atom. The van der Waals surface area contributed by atoms with Crippen LogP contribution in [0.5, 0.6) is 5.75 Å². The van der Waals surface area contributed by atoms with E-state index in [0.717, 1.165) is 37.0 Å². The predicted molar refractivity (Wildman–Crippen MR) is 205 cm³/mol. The van der Waals surface area contributed by atoms with Crippen LogP contribution in [0.15, 0.2) is 66.8 Å². The van der Waals surface area contributed by atoms with Crippen LogP contribution in [0.25, 0.3) is 0 Å². The topological polar surface area (TPSA) is 44.3 Å². The highest BCUT2D eigenvalue weighted by atomic mass is 33.1. The fourth-order valence-electron chi connectivity index (χ4n) is 12.2. The maximum atomic E-state index is 11.2. The zero-order valence-corrected chi connectivity index (χ0v) is 31.2. The molecule has 0 aromatic heterocycles. The number of allylic oxidation sites excluding steroid dienone is 3. The minimum Gasteiger partial charge on any atom is -0.508 e. The summed E-state index contributed by atoms with van der Waals surface area (Å²) in [5.41, 5.74) is 6.31. The third kappa shape index (κ3) is 6.26. The van der Waals surface area contributed by atoms with Gasteiger partial charge in [-0.25, -0.2) is 0 Å². The van der Waals surface area contributed by atoms with Crippen LogP contribution in [-0.2, 0) is 19.4 Å². The van der Waals surface area contributed by atoms with E-state index < -0.39 is 0 Å². The molecule has 48 heavy (non-hydrogen) atoms. The molecule has 3 saturated carbocycles. The number of aromatic hydroxyl groups is 1. The van der Waals surface area contributed by atoms with Gasteiger partial charge in [0.25, 0.3) is 0 Å². The molecule has 3 N–H and O–H groups in total. The third-order valence-corrected chi connectivity index (χ3v) is 16.9. The van der Waals surface area contributed by atoms with Crippen molar-refractivity contribution >= 4 is 21.6 Å². The van der Waals surface area contributed by atoms with E-state index >= 15 is 0 Å². The van der Waals surface area contributed by atoms with Crippen molar-refractivity contribution in [2.24, 2.45) is 45.8 Å². The molecular formula is C43H58N2OS2. The van der Waals surface area contributed by atoms with Gasteiger partial charge in [-0.15, -0.1) is 0 Å². The molecule has 10 atom stereocenters. The summed E-state index contributed by atoms with van der Waals surface area (Å²) in [4.78, 5) is 0. The van der Waals surface area contributed by atoms with Crippen LogP contribution in [0, 0.1) is 45.8 Å². The largest absolute Gasteiger partial charge is 0.508 e. The normalized spacial score (nSPS) is 40.9. The number of hydrogen-bond donors (Lipinski definition) is 3. The Morgan fingerprint density at radius 3 is 2.69 bits per heavy atom. The first-order chi connectivity index (χ1) is 23.3. The Balaban J connectivity index is 1.22. The number of phenolic OH excluding ortho intramolecular Hbond substituents is 1. The van der Waals surface area contributed by atoms with Gasteiger partial charge in [0.1, 0.15) is 5.75 Å². The standard InChI is InChI=1S/C43H58N2OS2/c1-29-7-6-12-42(21-29)28-41(13-10-31(22-41)25-44-3)24-39-36-17-33-15-32(18-38(46)19-33)16-34-8-4-5-9-35(34)26-45-30(2)27-47-48-40-11-14-43(39,42)23-37(40)20-36/h4-6,8-9,11-12,14-15,18-19,29-31,36-37,39-40,44-46H,7,10,13,16-17,20-28H2,1-3H3/t29-,30-,31+,36-,37-,39-,40-,41-,42-,43+/m0/s1. The lowest BCUT2D eigenvalue weighted by Gasteiger charge is -2.68. The maximum Gasteiger partial charge on any atom is 0.116 e. The molecule has 2 aromatic rings. The van der Waals surface area contributed by atoms with E-state index in [9.17, 15) is 5.11 Å². The van der Waals surface area contributed by atoms with Crippen molar-refractivity contribution in [2.45, 2.75) is 102 Å². The van der Waals surface area contributed by atoms with Crippen LogP contribution in [0.3, 0.4) is 0 Å². The van der Waals surface area contributed by atoms with E-state index in [1.165, 1.54) is 86.6 Å². The Morgan fingerprint density at radius 2 is 1.83 bits per heavy atom. The highest BCUT2D eigenvalue weighted by Crippen LogP contribution is 2.74. The summed E-state index contributed by atoms with van der Waals surface area (Å²) < 4.78 is 0. The van der Waals surface area contributed by atoms with Gasteiger partial charge < -0.3 is 15.7 Å². The first-order valence-corrected chi connectivity index (χ1v) is 21.6. The summed E-state index contributed by atoms with van der Waals surface area (Å²) >= 11 is 0. The molecule has 0 amide bonds. The van der Waals surface area contributed by atoms with Crippen molar-refractivity contribution in [1.82, 2.24) is 10.6 Å². The minimum atomic E-state index is 0.246. The van der Waals surface area contributed by atoms with Gasteiger partial charge in [0.2, 0.25) is 0 Å². The lowest BCUT2D eigenvalue weighted by molar-refractivity contribution is -0.135. The summed E-state index contributed by atoms with van der Waals surface area (Å²) in [6, 6.07) is 15.9. The Bertz CT molecular complexity index is 1540. The lowest BCUT2D eigenvalue weighted by Crippen LogP contribution is -2.61. The van der Waals surface area contributed by atoms with Gasteiger partial charge in [0.05, 0.1) is 0 Å². The number of fused-ring (bicyclic) bond motifs is 5. The van der Waals surface area contributed by atoms with Crippen LogP contribution in [0.1, 0.15) is 93.9 Å². The first kappa shape index (κ1) is 33.5. The van der Waals surface area contributed by atoms with Gasteiger partial charge in [-0.3, -0.25) is 0 Å². The summed E-state index contributed by atoms with van der Waals surface area (Å²) in [5, 5.41) is 19.1. The smallest absolute Gasteiger partial charge is 0.116 e. The van der Waals surface area contributed by atoms with Crippen molar-refractivity contribution in [3.63, 3.8) is 0 Å². The molecule has 0 unspecified atom stereocenters. The van der Waals surface area contributed by atoms with E-state index in [-0.39, 0.29) is 10.8 Å². The molecule has 2 aromatic carbocycles. The van der Waals surface area contributed by atoms with E-state index in [2.05, 4.69) is 114 Å². The molecule has 3 spiro atoms. The maximum absolute atomic E-state index is 11.2. The summed E-state index contributed by atoms with van der Waals surface area (Å²) in [7, 11) is 6.40. The van der Waals surface area contributed by atoms with E-state index in [1.807, 2.05) is 6.07 Å². The number of phenols is 1. The van der Waals surface area contributed by atoms with Gasteiger partial charge in [0.15, 0.2) is 0 Å². The second-order valence-corrected chi connectivity index (χ2v) is 20.0. The number of rotatable bonds is 2. The molecule has 258 valence electrons. The van der Waals surface area contributed by atoms with E-state index in [1.54, 1.807) is 0 Å². The van der Waals surface area contributed by atoms with Gasteiger partial charge in [0, 0.05) is 29.0 Å². The SMILES string of the molecule is CNC[C@@H]1CC[C@]2(C1)C[C@H]1[C@H]3Cc4cc(O)cc(c4)Cc4ccccc4CN[C@@H](C)CSS[C@H]4C=C[C@]1(C[C@@H]4C3)[C@]1(C=CC[C@H](C)C1)C2. The molecule has 0 saturated heterocycles. The zero-order chi connectivity index (χ0) is 32.9. The van der Waals surface area contributed by atoms with E-state index in [4.69, 9.17) is 0 Å². The quantitative estimate of drug-likeness (QED) is 0.218. The van der Waals surface area contributed by atoms with Gasteiger partial charge in [-0.1, -0.05) is 83.1 Å². The molecular weight excluding hydrogens is 625 g/mol. The Kier molecular flexibility index (Phi) is 9.40. The summed E-state index contributed by atoms with van der Waals surface area (Å²) in [5.74, 6) is 5.18. The number of benzene rings is 2. The van der Waals surface area contributed by atoms with Gasteiger partial charge >= 0.3 is 0 Å². The summed E-state index contributed by atoms with van der Waals surface area (Å²) in [6.45, 7) is 6.94. The molecule has 1 aliphatic heterocycles. The highest BCUT2D eigenvalue weighted by Gasteiger charge is 2.66. The molecule has 0 radical (unpaired) electrons. The molecule has 5 aliphatic carbocycles. The fourth-order valence-corrected chi connectivity index (χ4v) is 15.2. The second kappa shape index (κ2) is 13.5. The van der Waals surface area contributed by atoms with Crippen molar-refractivity contribution in [2.75, 3.05) is 19.3 Å². The fraction of sp³-hybridized carbons (Fsp3) is 0.628. The van der Waals surface area contributed by atoms with Gasteiger partial charge in [-0.05, 0) is 166 Å². The van der Waals surface area contributed by atoms with Crippen molar-refractivity contribution in [3.05, 3.63) is 89.0 Å². The predicted octanol–water partition coefficient (Wildman–Crippen LogP) is 9.74. The Labute approximate surface area is 298 Å². The molecule has 6 aliphatic rings. The average Bonchev–Trinajstić information content (AvgIpc) is 3.43. The van der Waals surface area contributed by atoms with Gasteiger partial charge in [-0.2, -0.15) is 0 Å². The monoisotopic (exact) mass is 682 g/mol. The van der Waals surface area contributed by atoms with Crippen LogP contribution in [0.2, 0.25) is 0 Å². The lowest BCUT2D eigenvalue weighted by atomic mass is 9.36. The highest BCUT2D eigenvalue weighted by molar-refractivity contribution is 8.77. The first-order valence-electron chi connectivity index (χ1n) is 19.2. The van der Waals surface area contributed by atoms with Crippen molar-refractivity contribution in [3.8, 4) is 5.75 Å². The van der Waals surface area contributed by atoms with Crippen LogP contribution in [-0.4, -0.2) is 35.7 Å². The molecule has 8 rings (SSSR count). The molecule has 5 heteroatoms. The summed E-state index contributed by atoms with van der Waals surface area (Å²) in [6.07, 6.45) is 25.2. The third-order valence-electron chi connectivity index (χ3n) is 13.9. The van der Waals surface area contributed by atoms with Crippen molar-refractivity contribution < 1.29 is 5.11 Å². The number of hydrogen-bond acceptors (Lipinski definition) is 5. The zero-order valence-electron chi connectivity index (χ0n) is 29.6. The molecule has 1 heterocycles. The molecule has 5 bridgehead atoms.